The van der Waals surface area contributed by atoms with Crippen molar-refractivity contribution in [3.63, 3.8) is 0 Å². The molecule has 33 heavy (non-hydrogen) atoms. The van der Waals surface area contributed by atoms with E-state index in [9.17, 15) is 14.7 Å². The molecule has 0 aliphatic heterocycles. The van der Waals surface area contributed by atoms with Crippen LogP contribution in [0.3, 0.4) is 0 Å². The highest BCUT2D eigenvalue weighted by Crippen LogP contribution is 2.41. The molecular weight excluding hydrogens is 420 g/mol. The van der Waals surface area contributed by atoms with E-state index in [-0.39, 0.29) is 5.75 Å². The molecule has 0 bridgehead atoms. The molecule has 0 saturated heterocycles. The number of benzene rings is 3. The average molecular weight is 444 g/mol. The molecule has 2 atom stereocenters. The molecule has 7 heteroatoms. The Balaban J connectivity index is 2.31. The molecule has 3 aromatic rings. The van der Waals surface area contributed by atoms with Crippen LogP contribution in [-0.2, 0) is 19.9 Å². The van der Waals surface area contributed by atoms with Crippen LogP contribution in [-0.4, -0.2) is 31.2 Å². The van der Waals surface area contributed by atoms with Gasteiger partial charge in [-0.3, -0.25) is 4.79 Å². The van der Waals surface area contributed by atoms with Gasteiger partial charge in [0.2, 0.25) is 0 Å². The van der Waals surface area contributed by atoms with E-state index in [0.29, 0.717) is 22.6 Å². The number of carbonyl (C=O) groups is 2. The van der Waals surface area contributed by atoms with Gasteiger partial charge in [-0.05, 0) is 41.3 Å². The number of para-hydroxylation sites is 2. The number of terminal acetylenes is 1. The van der Waals surface area contributed by atoms with Gasteiger partial charge in [0.15, 0.2) is 5.54 Å². The van der Waals surface area contributed by atoms with Gasteiger partial charge in [-0.1, -0.05) is 54.6 Å². The molecule has 0 radical (unpaired) electrons. The number of methoxy groups -OCH3 is 2. The van der Waals surface area contributed by atoms with E-state index in [1.807, 2.05) is 5.92 Å². The maximum absolute atomic E-state index is 13.5. The van der Waals surface area contributed by atoms with Crippen molar-refractivity contribution < 1.29 is 24.2 Å². The van der Waals surface area contributed by atoms with Gasteiger partial charge >= 0.3 is 5.97 Å². The van der Waals surface area contributed by atoms with Gasteiger partial charge in [0, 0.05) is 0 Å². The molecule has 0 aliphatic carbocycles. The van der Waals surface area contributed by atoms with Crippen LogP contribution in [0.2, 0.25) is 0 Å². The number of rotatable bonds is 8. The molecule has 0 aromatic heterocycles. The predicted molar refractivity (Wildman–Crippen MR) is 125 cm³/mol. The number of ether oxygens (including phenoxy) is 2. The fourth-order valence-electron chi connectivity index (χ4n) is 3.66. The fourth-order valence-corrected chi connectivity index (χ4v) is 3.66. The zero-order valence-corrected chi connectivity index (χ0v) is 18.2. The second-order valence-corrected chi connectivity index (χ2v) is 7.13. The second-order valence-electron chi connectivity index (χ2n) is 7.13. The Morgan fingerprint density at radius 3 is 2.18 bits per heavy atom. The Morgan fingerprint density at radius 1 is 0.970 bits per heavy atom. The largest absolute Gasteiger partial charge is 0.506 e. The third-order valence-corrected chi connectivity index (χ3v) is 5.26. The maximum Gasteiger partial charge on any atom is 0.338 e. The number of anilines is 1. The highest BCUT2D eigenvalue weighted by molar-refractivity contribution is 5.98. The topological polar surface area (TPSA) is 96.9 Å². The van der Waals surface area contributed by atoms with E-state index < -0.39 is 23.5 Å². The van der Waals surface area contributed by atoms with E-state index in [2.05, 4.69) is 10.6 Å². The summed E-state index contributed by atoms with van der Waals surface area (Å²) in [5.74, 6) is 1.03. The van der Waals surface area contributed by atoms with E-state index >= 15 is 0 Å². The number of hydrogen-bond acceptors (Lipinski definition) is 6. The summed E-state index contributed by atoms with van der Waals surface area (Å²) in [5, 5.41) is 16.3. The molecule has 3 aromatic carbocycles. The summed E-state index contributed by atoms with van der Waals surface area (Å²) < 4.78 is 10.4. The lowest BCUT2D eigenvalue weighted by Gasteiger charge is -2.40. The molecular formula is C26H24N2O5. The zero-order valence-electron chi connectivity index (χ0n) is 18.2. The lowest BCUT2D eigenvalue weighted by molar-refractivity contribution is -0.152. The van der Waals surface area contributed by atoms with E-state index in [0.717, 1.165) is 0 Å². The summed E-state index contributed by atoms with van der Waals surface area (Å²) >= 11 is 0. The van der Waals surface area contributed by atoms with Crippen LogP contribution in [0.25, 0.3) is 0 Å². The van der Waals surface area contributed by atoms with E-state index in [4.69, 9.17) is 15.9 Å². The first-order chi connectivity index (χ1) is 16.0. The van der Waals surface area contributed by atoms with Gasteiger partial charge in [-0.2, -0.15) is 0 Å². The van der Waals surface area contributed by atoms with Crippen LogP contribution < -0.4 is 15.4 Å². The molecule has 7 nitrogen and oxygen atoms in total. The summed E-state index contributed by atoms with van der Waals surface area (Å²) in [7, 11) is 2.77. The number of aromatic hydroxyl groups is 1. The first kappa shape index (κ1) is 23.2. The van der Waals surface area contributed by atoms with Gasteiger partial charge in [0.05, 0.1) is 25.9 Å². The number of nitrogens with one attached hydrogen (secondary N) is 2. The number of amides is 1. The Morgan fingerprint density at radius 2 is 1.61 bits per heavy atom. The molecule has 0 saturated carbocycles. The Bertz CT molecular complexity index is 1160. The van der Waals surface area contributed by atoms with Crippen molar-refractivity contribution in [2.24, 2.45) is 0 Å². The van der Waals surface area contributed by atoms with E-state index in [1.165, 1.54) is 13.2 Å². The third kappa shape index (κ3) is 4.75. The number of esters is 1. The summed E-state index contributed by atoms with van der Waals surface area (Å²) in [5.41, 5.74) is -0.400. The fraction of sp³-hybridized carbons (Fsp3) is 0.154. The van der Waals surface area contributed by atoms with Crippen molar-refractivity contribution in [1.82, 2.24) is 5.32 Å². The smallest absolute Gasteiger partial charge is 0.338 e. The van der Waals surface area contributed by atoms with Crippen LogP contribution in [0.1, 0.15) is 17.2 Å². The molecule has 0 heterocycles. The Kier molecular flexibility index (Phi) is 7.21. The number of carbonyl (C=O) groups excluding carboxylic acids is 2. The van der Waals surface area contributed by atoms with Gasteiger partial charge in [0.25, 0.3) is 5.91 Å². The van der Waals surface area contributed by atoms with Crippen LogP contribution in [0.15, 0.2) is 78.9 Å². The molecule has 0 unspecified atom stereocenters. The monoisotopic (exact) mass is 444 g/mol. The lowest BCUT2D eigenvalue weighted by atomic mass is 9.78. The zero-order chi connectivity index (χ0) is 23.8. The van der Waals surface area contributed by atoms with Gasteiger partial charge in [0.1, 0.15) is 11.5 Å². The minimum Gasteiger partial charge on any atom is -0.506 e. The standard InChI is InChI=1S/C26H24N2O5/c1-4-23(30)28-26(25(31)33-3,19-10-6-5-7-11-19)24(18-14-16-20(32-2)17-15-18)27-21-12-8-9-13-22(21)29/h1,5-17,24,27,29H,2-3H3,(H,28,30)/t24-,26-/m0/s1. The highest BCUT2D eigenvalue weighted by Gasteiger charge is 2.51. The number of phenols is 1. The van der Waals surface area contributed by atoms with Crippen molar-refractivity contribution in [1.29, 1.82) is 0 Å². The van der Waals surface area contributed by atoms with Crippen LogP contribution >= 0.6 is 0 Å². The summed E-state index contributed by atoms with van der Waals surface area (Å²) in [4.78, 5) is 26.0. The average Bonchev–Trinajstić information content (AvgIpc) is 2.87. The van der Waals surface area contributed by atoms with Gasteiger partial charge in [-0.15, -0.1) is 6.42 Å². The minimum absolute atomic E-state index is 0.0360. The normalized spacial score (nSPS) is 13.0. The number of hydrogen-bond donors (Lipinski definition) is 3. The Hall–Kier alpha value is -4.44. The summed E-state index contributed by atoms with van der Waals surface area (Å²) in [6.07, 6.45) is 5.36. The molecule has 3 rings (SSSR count). The van der Waals surface area contributed by atoms with E-state index in [1.54, 1.807) is 79.9 Å². The maximum atomic E-state index is 13.5. The van der Waals surface area contributed by atoms with Gasteiger partial charge < -0.3 is 25.2 Å². The number of phenolic OH excluding ortho intramolecular Hbond substituents is 1. The molecule has 0 fully saturated rings. The molecule has 0 aliphatic rings. The third-order valence-electron chi connectivity index (χ3n) is 5.26. The SMILES string of the molecule is C#CC(=O)N[C@@](C(=O)OC)(c1ccccc1)[C@@H](Nc1ccccc1O)c1ccc(OC)cc1. The summed E-state index contributed by atoms with van der Waals surface area (Å²) in [6, 6.07) is 21.2. The molecule has 3 N–H and O–H groups in total. The molecule has 0 spiro atoms. The molecule has 1 amide bonds. The van der Waals surface area contributed by atoms with Crippen molar-refractivity contribution in [3.05, 3.63) is 90.0 Å². The van der Waals surface area contributed by atoms with Crippen molar-refractivity contribution in [3.8, 4) is 23.8 Å². The Labute approximate surface area is 192 Å². The summed E-state index contributed by atoms with van der Waals surface area (Å²) in [6.45, 7) is 0. The quantitative estimate of drug-likeness (QED) is 0.280. The lowest BCUT2D eigenvalue weighted by Crippen LogP contribution is -2.58. The molecule has 168 valence electrons. The van der Waals surface area contributed by atoms with Crippen molar-refractivity contribution in [2.45, 2.75) is 11.6 Å². The van der Waals surface area contributed by atoms with Crippen LogP contribution in [0.4, 0.5) is 5.69 Å². The highest BCUT2D eigenvalue weighted by atomic mass is 16.5. The van der Waals surface area contributed by atoms with Crippen LogP contribution in [0.5, 0.6) is 11.5 Å². The van der Waals surface area contributed by atoms with Crippen molar-refractivity contribution >= 4 is 17.6 Å². The van der Waals surface area contributed by atoms with Gasteiger partial charge in [-0.25, -0.2) is 4.79 Å². The minimum atomic E-state index is -1.78. The first-order valence-corrected chi connectivity index (χ1v) is 10.1. The predicted octanol–water partition coefficient (Wildman–Crippen LogP) is 3.37. The van der Waals surface area contributed by atoms with Crippen LogP contribution in [0, 0.1) is 12.3 Å². The first-order valence-electron chi connectivity index (χ1n) is 10.1. The van der Waals surface area contributed by atoms with Crippen molar-refractivity contribution in [2.75, 3.05) is 19.5 Å². The second kappa shape index (κ2) is 10.2.